The molecule has 1 aliphatic rings. The van der Waals surface area contributed by atoms with Crippen molar-refractivity contribution in [3.63, 3.8) is 0 Å². The summed E-state index contributed by atoms with van der Waals surface area (Å²) in [5.41, 5.74) is 2.47. The van der Waals surface area contributed by atoms with Gasteiger partial charge >= 0.3 is 6.18 Å². The van der Waals surface area contributed by atoms with E-state index in [0.29, 0.717) is 23.5 Å². The largest absolute Gasteiger partial charge is 0.416 e. The van der Waals surface area contributed by atoms with Crippen molar-refractivity contribution in [1.82, 2.24) is 14.8 Å². The highest BCUT2D eigenvalue weighted by Gasteiger charge is 2.36. The first-order valence-corrected chi connectivity index (χ1v) is 9.29. The highest BCUT2D eigenvalue weighted by Crippen LogP contribution is 2.35. The fourth-order valence-corrected chi connectivity index (χ4v) is 3.63. The zero-order valence-corrected chi connectivity index (χ0v) is 15.9. The van der Waals surface area contributed by atoms with E-state index in [1.165, 1.54) is 17.0 Å². The van der Waals surface area contributed by atoms with Crippen molar-refractivity contribution in [2.45, 2.75) is 32.5 Å². The molecular formula is C21H19F3N4O. The summed E-state index contributed by atoms with van der Waals surface area (Å²) < 4.78 is 40.4. The van der Waals surface area contributed by atoms with Gasteiger partial charge in [0.25, 0.3) is 5.91 Å². The van der Waals surface area contributed by atoms with E-state index in [-0.39, 0.29) is 11.9 Å². The van der Waals surface area contributed by atoms with E-state index in [2.05, 4.69) is 10.1 Å². The van der Waals surface area contributed by atoms with Crippen LogP contribution < -0.4 is 4.90 Å². The predicted molar refractivity (Wildman–Crippen MR) is 103 cm³/mol. The van der Waals surface area contributed by atoms with Gasteiger partial charge in [-0.15, -0.1) is 0 Å². The van der Waals surface area contributed by atoms with Crippen LogP contribution in [-0.2, 0) is 6.18 Å². The molecule has 8 heteroatoms. The SMILES string of the molecule is CCC1CN(c2ccc(C(F)(F)F)cc2)C(=O)c2c(-c3ccnc(C)c3)cnn21. The van der Waals surface area contributed by atoms with E-state index >= 15 is 0 Å². The highest BCUT2D eigenvalue weighted by molar-refractivity contribution is 6.09. The number of anilines is 1. The number of benzene rings is 1. The summed E-state index contributed by atoms with van der Waals surface area (Å²) in [5, 5.41) is 4.44. The number of hydrogen-bond acceptors (Lipinski definition) is 3. The molecule has 0 fully saturated rings. The summed E-state index contributed by atoms with van der Waals surface area (Å²) in [5.74, 6) is -0.281. The first-order valence-electron chi connectivity index (χ1n) is 9.29. The fraction of sp³-hybridized carbons (Fsp3) is 0.286. The number of aromatic nitrogens is 3. The van der Waals surface area contributed by atoms with Gasteiger partial charge in [0.2, 0.25) is 0 Å². The molecule has 0 saturated heterocycles. The topological polar surface area (TPSA) is 51.0 Å². The monoisotopic (exact) mass is 400 g/mol. The van der Waals surface area contributed by atoms with Crippen LogP contribution in [-0.4, -0.2) is 27.2 Å². The number of nitrogens with zero attached hydrogens (tertiary/aromatic N) is 4. The summed E-state index contributed by atoms with van der Waals surface area (Å²) in [4.78, 5) is 19.0. The molecule has 4 rings (SSSR count). The number of aryl methyl sites for hydroxylation is 1. The number of fused-ring (bicyclic) bond motifs is 1. The Morgan fingerprint density at radius 3 is 2.52 bits per heavy atom. The summed E-state index contributed by atoms with van der Waals surface area (Å²) in [7, 11) is 0. The molecule has 0 saturated carbocycles. The molecule has 3 heterocycles. The second kappa shape index (κ2) is 7.02. The predicted octanol–water partition coefficient (Wildman–Crippen LogP) is 4.88. The maximum atomic E-state index is 13.3. The number of carbonyl (C=O) groups is 1. The lowest BCUT2D eigenvalue weighted by Gasteiger charge is -2.33. The average Bonchev–Trinajstić information content (AvgIpc) is 3.14. The van der Waals surface area contributed by atoms with Crippen molar-refractivity contribution in [3.8, 4) is 11.1 Å². The second-order valence-electron chi connectivity index (χ2n) is 7.06. The van der Waals surface area contributed by atoms with Gasteiger partial charge in [-0.05, 0) is 55.3 Å². The summed E-state index contributed by atoms with van der Waals surface area (Å²) in [6.45, 7) is 4.21. The molecule has 5 nitrogen and oxygen atoms in total. The first kappa shape index (κ1) is 19.2. The van der Waals surface area contributed by atoms with E-state index in [4.69, 9.17) is 0 Å². The van der Waals surface area contributed by atoms with Crippen molar-refractivity contribution < 1.29 is 18.0 Å². The molecule has 1 aliphatic heterocycles. The van der Waals surface area contributed by atoms with E-state index in [1.807, 2.05) is 26.0 Å². The van der Waals surface area contributed by atoms with Crippen LogP contribution in [0.25, 0.3) is 11.1 Å². The summed E-state index contributed by atoms with van der Waals surface area (Å²) in [6, 6.07) is 8.32. The number of pyridine rings is 1. The van der Waals surface area contributed by atoms with Crippen LogP contribution in [0.5, 0.6) is 0 Å². The first-order chi connectivity index (χ1) is 13.8. The average molecular weight is 400 g/mol. The van der Waals surface area contributed by atoms with Gasteiger partial charge < -0.3 is 4.90 Å². The minimum Gasteiger partial charge on any atom is -0.305 e. The third kappa shape index (κ3) is 3.39. The van der Waals surface area contributed by atoms with Crippen molar-refractivity contribution in [1.29, 1.82) is 0 Å². The summed E-state index contributed by atoms with van der Waals surface area (Å²) >= 11 is 0. The van der Waals surface area contributed by atoms with Crippen LogP contribution >= 0.6 is 0 Å². The molecule has 0 radical (unpaired) electrons. The molecule has 1 aromatic carbocycles. The molecule has 1 atom stereocenters. The lowest BCUT2D eigenvalue weighted by molar-refractivity contribution is -0.137. The van der Waals surface area contributed by atoms with Crippen LogP contribution in [0.1, 0.15) is 41.1 Å². The van der Waals surface area contributed by atoms with E-state index in [0.717, 1.165) is 29.8 Å². The van der Waals surface area contributed by atoms with E-state index < -0.39 is 11.7 Å². The normalized spacial score (nSPS) is 16.8. The minimum atomic E-state index is -4.42. The van der Waals surface area contributed by atoms with Gasteiger partial charge in [-0.1, -0.05) is 6.92 Å². The molecule has 1 unspecified atom stereocenters. The molecule has 0 spiro atoms. The number of rotatable bonds is 3. The molecule has 29 heavy (non-hydrogen) atoms. The van der Waals surface area contributed by atoms with Gasteiger partial charge in [0, 0.05) is 29.7 Å². The Balaban J connectivity index is 1.77. The Bertz CT molecular complexity index is 1060. The van der Waals surface area contributed by atoms with E-state index in [9.17, 15) is 18.0 Å². The molecule has 2 aromatic heterocycles. The Hall–Kier alpha value is -3.16. The Labute approximate surface area is 165 Å². The van der Waals surface area contributed by atoms with Crippen LogP contribution in [0.3, 0.4) is 0 Å². The third-order valence-corrected chi connectivity index (χ3v) is 5.17. The van der Waals surface area contributed by atoms with Crippen molar-refractivity contribution in [2.75, 3.05) is 11.4 Å². The van der Waals surface area contributed by atoms with Gasteiger partial charge in [-0.2, -0.15) is 18.3 Å². The van der Waals surface area contributed by atoms with Crippen molar-refractivity contribution in [3.05, 3.63) is 65.7 Å². The van der Waals surface area contributed by atoms with Crippen molar-refractivity contribution in [2.24, 2.45) is 0 Å². The number of amides is 1. The van der Waals surface area contributed by atoms with Gasteiger partial charge in [0.05, 0.1) is 17.8 Å². The van der Waals surface area contributed by atoms with Crippen LogP contribution in [0.15, 0.2) is 48.8 Å². The highest BCUT2D eigenvalue weighted by atomic mass is 19.4. The molecular weight excluding hydrogens is 381 g/mol. The van der Waals surface area contributed by atoms with Crippen LogP contribution in [0.2, 0.25) is 0 Å². The molecule has 150 valence electrons. The number of hydrogen-bond donors (Lipinski definition) is 0. The summed E-state index contributed by atoms with van der Waals surface area (Å²) in [6.07, 6.45) is -0.344. The number of carbonyl (C=O) groups excluding carboxylic acids is 1. The lowest BCUT2D eigenvalue weighted by atomic mass is 10.0. The zero-order chi connectivity index (χ0) is 20.8. The number of halogens is 3. The standard InChI is InChI=1S/C21H19F3N4O/c1-3-16-12-27(17-6-4-15(5-7-17)21(22,23)24)20(29)19-18(11-26-28(16)19)14-8-9-25-13(2)10-14/h4-11,16H,3,12H2,1-2H3. The minimum absolute atomic E-state index is 0.0679. The second-order valence-corrected chi connectivity index (χ2v) is 7.06. The van der Waals surface area contributed by atoms with Crippen LogP contribution in [0.4, 0.5) is 18.9 Å². The van der Waals surface area contributed by atoms with Gasteiger partial charge in [0.1, 0.15) is 5.69 Å². The Kier molecular flexibility index (Phi) is 4.64. The van der Waals surface area contributed by atoms with Gasteiger partial charge in [0.15, 0.2) is 0 Å². The molecule has 0 N–H and O–H groups in total. The Morgan fingerprint density at radius 1 is 1.17 bits per heavy atom. The zero-order valence-electron chi connectivity index (χ0n) is 15.9. The smallest absolute Gasteiger partial charge is 0.305 e. The molecule has 0 bridgehead atoms. The maximum Gasteiger partial charge on any atom is 0.416 e. The lowest BCUT2D eigenvalue weighted by Crippen LogP contribution is -2.43. The van der Waals surface area contributed by atoms with Crippen molar-refractivity contribution >= 4 is 11.6 Å². The fourth-order valence-electron chi connectivity index (χ4n) is 3.63. The van der Waals surface area contributed by atoms with Gasteiger partial charge in [-0.3, -0.25) is 14.5 Å². The third-order valence-electron chi connectivity index (χ3n) is 5.17. The molecule has 1 amide bonds. The molecule has 3 aromatic rings. The van der Waals surface area contributed by atoms with E-state index in [1.54, 1.807) is 17.1 Å². The van der Waals surface area contributed by atoms with Crippen LogP contribution in [0, 0.1) is 6.92 Å². The Morgan fingerprint density at radius 2 is 1.90 bits per heavy atom. The number of alkyl halides is 3. The maximum absolute atomic E-state index is 13.3. The van der Waals surface area contributed by atoms with Gasteiger partial charge in [-0.25, -0.2) is 0 Å². The molecule has 0 aliphatic carbocycles. The quantitative estimate of drug-likeness (QED) is 0.629.